The lowest BCUT2D eigenvalue weighted by atomic mass is 10.3. The molecule has 2 aromatic heterocycles. The molecule has 0 atom stereocenters. The van der Waals surface area contributed by atoms with E-state index in [1.807, 2.05) is 6.92 Å². The van der Waals surface area contributed by atoms with Gasteiger partial charge in [0.2, 0.25) is 0 Å². The average molecular weight is 280 g/mol. The number of carboxylic acids is 1. The first-order chi connectivity index (χ1) is 9.10. The Kier molecular flexibility index (Phi) is 3.91. The van der Waals surface area contributed by atoms with Crippen molar-refractivity contribution >= 4 is 29.0 Å². The number of amides is 1. The van der Waals surface area contributed by atoms with Crippen molar-refractivity contribution in [3.05, 3.63) is 28.3 Å². The van der Waals surface area contributed by atoms with E-state index in [1.54, 1.807) is 11.6 Å². The average Bonchev–Trinajstić information content (AvgIpc) is 2.96. The van der Waals surface area contributed by atoms with Gasteiger partial charge in [-0.1, -0.05) is 6.92 Å². The number of carbonyl (C=O) groups is 2. The first-order valence-electron chi connectivity index (χ1n) is 5.59. The topological polar surface area (TPSA) is 97.1 Å². The van der Waals surface area contributed by atoms with Gasteiger partial charge in [0, 0.05) is 12.3 Å². The van der Waals surface area contributed by atoms with Gasteiger partial charge >= 0.3 is 5.97 Å². The molecule has 2 rings (SSSR count). The van der Waals surface area contributed by atoms with Crippen LogP contribution in [-0.2, 0) is 17.8 Å². The number of anilines is 1. The van der Waals surface area contributed by atoms with Crippen molar-refractivity contribution in [3.63, 3.8) is 0 Å². The Labute approximate surface area is 112 Å². The summed E-state index contributed by atoms with van der Waals surface area (Å²) < 4.78 is 1.24. The van der Waals surface area contributed by atoms with Gasteiger partial charge < -0.3 is 10.4 Å². The number of carbonyl (C=O) groups excluding carboxylic acids is 1. The van der Waals surface area contributed by atoms with Gasteiger partial charge in [0.25, 0.3) is 5.91 Å². The molecule has 0 saturated carbocycles. The number of nitrogens with zero attached hydrogens (tertiary/aromatic N) is 3. The third-order valence-corrected chi connectivity index (χ3v) is 3.23. The molecule has 0 saturated heterocycles. The number of thiazole rings is 1. The Morgan fingerprint density at radius 3 is 3.00 bits per heavy atom. The molecule has 0 fully saturated rings. The summed E-state index contributed by atoms with van der Waals surface area (Å²) in [6.45, 7) is 1.68. The first kappa shape index (κ1) is 13.2. The molecule has 0 aliphatic rings. The van der Waals surface area contributed by atoms with Crippen molar-refractivity contribution in [1.82, 2.24) is 14.8 Å². The molecular weight excluding hydrogens is 268 g/mol. The normalized spacial score (nSPS) is 10.4. The molecule has 0 aliphatic heterocycles. The number of rotatable bonds is 5. The maximum Gasteiger partial charge on any atom is 0.325 e. The summed E-state index contributed by atoms with van der Waals surface area (Å²) in [6, 6.07) is 1.55. The predicted molar refractivity (Wildman–Crippen MR) is 69.3 cm³/mol. The van der Waals surface area contributed by atoms with Crippen LogP contribution in [0.3, 0.4) is 0 Å². The minimum Gasteiger partial charge on any atom is -0.480 e. The van der Waals surface area contributed by atoms with Crippen molar-refractivity contribution in [2.24, 2.45) is 0 Å². The second-order valence-electron chi connectivity index (χ2n) is 3.73. The highest BCUT2D eigenvalue weighted by Gasteiger charge is 2.14. The summed E-state index contributed by atoms with van der Waals surface area (Å²) in [5, 5.41) is 15.2. The Morgan fingerprint density at radius 2 is 2.32 bits per heavy atom. The van der Waals surface area contributed by atoms with Gasteiger partial charge in [0.15, 0.2) is 5.82 Å². The van der Waals surface area contributed by atoms with E-state index in [0.717, 1.165) is 5.69 Å². The summed E-state index contributed by atoms with van der Waals surface area (Å²) in [5.41, 5.74) is 2.36. The highest BCUT2D eigenvalue weighted by molar-refractivity contribution is 7.12. The zero-order valence-electron chi connectivity index (χ0n) is 10.2. The van der Waals surface area contributed by atoms with Crippen molar-refractivity contribution in [2.45, 2.75) is 19.9 Å². The van der Waals surface area contributed by atoms with E-state index < -0.39 is 5.97 Å². The van der Waals surface area contributed by atoms with Crippen LogP contribution in [0.1, 0.15) is 22.3 Å². The van der Waals surface area contributed by atoms with E-state index in [-0.39, 0.29) is 12.5 Å². The smallest absolute Gasteiger partial charge is 0.325 e. The number of aromatic nitrogens is 3. The van der Waals surface area contributed by atoms with E-state index in [9.17, 15) is 9.59 Å². The molecule has 0 radical (unpaired) electrons. The van der Waals surface area contributed by atoms with Crippen LogP contribution in [0.25, 0.3) is 0 Å². The fourth-order valence-corrected chi connectivity index (χ4v) is 2.31. The van der Waals surface area contributed by atoms with Gasteiger partial charge in [0.05, 0.1) is 11.2 Å². The SMILES string of the molecule is CCc1ncsc1C(=O)Nc1ccn(CC(=O)O)n1. The lowest BCUT2D eigenvalue weighted by Gasteiger charge is -2.01. The van der Waals surface area contributed by atoms with Crippen molar-refractivity contribution < 1.29 is 14.7 Å². The first-order valence-corrected chi connectivity index (χ1v) is 6.47. The fourth-order valence-electron chi connectivity index (χ4n) is 1.53. The minimum atomic E-state index is -0.989. The Hall–Kier alpha value is -2.22. The predicted octanol–water partition coefficient (Wildman–Crippen LogP) is 1.24. The molecule has 2 N–H and O–H groups in total. The molecule has 7 nitrogen and oxygen atoms in total. The highest BCUT2D eigenvalue weighted by atomic mass is 32.1. The second kappa shape index (κ2) is 5.61. The van der Waals surface area contributed by atoms with E-state index in [1.165, 1.54) is 22.2 Å². The molecule has 2 aromatic rings. The molecule has 0 aromatic carbocycles. The zero-order valence-corrected chi connectivity index (χ0v) is 11.0. The number of aryl methyl sites for hydroxylation is 1. The Morgan fingerprint density at radius 1 is 1.53 bits per heavy atom. The number of carboxylic acid groups (broad SMARTS) is 1. The standard InChI is InChI=1S/C11H12N4O3S/c1-2-7-10(19-6-12-7)11(18)13-8-3-4-15(14-8)5-9(16)17/h3-4,6H,2,5H2,1H3,(H,16,17)(H,13,14,18). The van der Waals surface area contributed by atoms with Crippen molar-refractivity contribution in [3.8, 4) is 0 Å². The molecule has 2 heterocycles. The van der Waals surface area contributed by atoms with Crippen LogP contribution in [0.15, 0.2) is 17.8 Å². The third-order valence-electron chi connectivity index (χ3n) is 2.36. The molecule has 0 spiro atoms. The molecule has 100 valence electrons. The molecule has 8 heteroatoms. The lowest BCUT2D eigenvalue weighted by molar-refractivity contribution is -0.137. The van der Waals surface area contributed by atoms with Gasteiger partial charge in [-0.15, -0.1) is 11.3 Å². The summed E-state index contributed by atoms with van der Waals surface area (Å²) >= 11 is 1.27. The summed E-state index contributed by atoms with van der Waals surface area (Å²) in [4.78, 5) is 27.1. The van der Waals surface area contributed by atoms with Crippen LogP contribution in [-0.4, -0.2) is 31.7 Å². The monoisotopic (exact) mass is 280 g/mol. The molecule has 0 unspecified atom stereocenters. The van der Waals surface area contributed by atoms with E-state index in [4.69, 9.17) is 5.11 Å². The molecular formula is C11H12N4O3S. The maximum absolute atomic E-state index is 12.0. The molecule has 19 heavy (non-hydrogen) atoms. The van der Waals surface area contributed by atoms with E-state index in [2.05, 4.69) is 15.4 Å². The zero-order chi connectivity index (χ0) is 13.8. The Balaban J connectivity index is 2.07. The van der Waals surface area contributed by atoms with E-state index in [0.29, 0.717) is 17.1 Å². The van der Waals surface area contributed by atoms with Crippen LogP contribution in [0.4, 0.5) is 5.82 Å². The maximum atomic E-state index is 12.0. The minimum absolute atomic E-state index is 0.239. The van der Waals surface area contributed by atoms with Crippen molar-refractivity contribution in [2.75, 3.05) is 5.32 Å². The van der Waals surface area contributed by atoms with Crippen molar-refractivity contribution in [1.29, 1.82) is 0 Å². The lowest BCUT2D eigenvalue weighted by Crippen LogP contribution is -2.14. The third kappa shape index (κ3) is 3.16. The molecule has 1 amide bonds. The second-order valence-corrected chi connectivity index (χ2v) is 4.58. The van der Waals surface area contributed by atoms with Gasteiger partial charge in [-0.2, -0.15) is 5.10 Å². The summed E-state index contributed by atoms with van der Waals surface area (Å²) in [7, 11) is 0. The Bertz CT molecular complexity index is 605. The van der Waals surface area contributed by atoms with Crippen LogP contribution in [0, 0.1) is 0 Å². The van der Waals surface area contributed by atoms with Gasteiger partial charge in [0.1, 0.15) is 11.4 Å². The van der Waals surface area contributed by atoms with Gasteiger partial charge in [-0.05, 0) is 6.42 Å². The largest absolute Gasteiger partial charge is 0.480 e. The van der Waals surface area contributed by atoms with Gasteiger partial charge in [-0.25, -0.2) is 4.98 Å². The summed E-state index contributed by atoms with van der Waals surface area (Å²) in [6.07, 6.45) is 2.18. The molecule has 0 aliphatic carbocycles. The molecule has 0 bridgehead atoms. The highest BCUT2D eigenvalue weighted by Crippen LogP contribution is 2.15. The van der Waals surface area contributed by atoms with Crippen LogP contribution >= 0.6 is 11.3 Å². The van der Waals surface area contributed by atoms with Crippen LogP contribution < -0.4 is 5.32 Å². The van der Waals surface area contributed by atoms with Gasteiger partial charge in [-0.3, -0.25) is 14.3 Å². The van der Waals surface area contributed by atoms with E-state index >= 15 is 0 Å². The number of aliphatic carboxylic acids is 1. The number of hydrogen-bond donors (Lipinski definition) is 2. The summed E-state index contributed by atoms with van der Waals surface area (Å²) in [5.74, 6) is -0.946. The number of nitrogens with one attached hydrogen (secondary N) is 1. The fraction of sp³-hybridized carbons (Fsp3) is 0.273. The van der Waals surface area contributed by atoms with Crippen LogP contribution in [0.2, 0.25) is 0 Å². The number of hydrogen-bond acceptors (Lipinski definition) is 5. The quantitative estimate of drug-likeness (QED) is 0.858. The van der Waals surface area contributed by atoms with Crippen LogP contribution in [0.5, 0.6) is 0 Å².